The maximum Gasteiger partial charge on any atom is 0.219 e. The number of hydrogen-bond donors (Lipinski definition) is 2. The summed E-state index contributed by atoms with van der Waals surface area (Å²) in [4.78, 5) is 8.43. The van der Waals surface area contributed by atoms with E-state index < -0.39 is 15.7 Å². The molecule has 2 aromatic rings. The van der Waals surface area contributed by atoms with Gasteiger partial charge >= 0.3 is 0 Å². The Morgan fingerprint density at radius 3 is 2.62 bits per heavy atom. The summed E-state index contributed by atoms with van der Waals surface area (Å²) in [5, 5.41) is 6.12. The average molecular weight is 380 g/mol. The van der Waals surface area contributed by atoms with Crippen molar-refractivity contribution in [2.75, 3.05) is 24.7 Å². The van der Waals surface area contributed by atoms with Gasteiger partial charge in [0, 0.05) is 12.3 Å². The summed E-state index contributed by atoms with van der Waals surface area (Å²) in [6, 6.07) is 5.31. The number of ether oxygens (including phenoxy) is 1. The number of hydrogen-bond acceptors (Lipinski definition) is 7. The quantitative estimate of drug-likeness (QED) is 0.821. The Morgan fingerprint density at radius 2 is 1.96 bits per heavy atom. The topological polar surface area (TPSA) is 93.2 Å². The van der Waals surface area contributed by atoms with E-state index in [1.807, 2.05) is 0 Å². The summed E-state index contributed by atoms with van der Waals surface area (Å²) >= 11 is 0. The largest absolute Gasteiger partial charge is 0.474 e. The zero-order valence-corrected chi connectivity index (χ0v) is 15.4. The summed E-state index contributed by atoms with van der Waals surface area (Å²) in [7, 11) is -3.46. The molecule has 0 saturated carbocycles. The third-order valence-corrected chi connectivity index (χ3v) is 5.13. The summed E-state index contributed by atoms with van der Waals surface area (Å²) in [6.07, 6.45) is 2.91. The van der Waals surface area contributed by atoms with Crippen LogP contribution in [0.5, 0.6) is 5.88 Å². The first-order valence-corrected chi connectivity index (χ1v) is 10.2. The van der Waals surface area contributed by atoms with Gasteiger partial charge in [-0.15, -0.1) is 0 Å². The molecule has 140 valence electrons. The molecule has 1 aromatic heterocycles. The molecule has 0 unspecified atom stereocenters. The van der Waals surface area contributed by atoms with Crippen LogP contribution in [0.1, 0.15) is 18.7 Å². The van der Waals surface area contributed by atoms with Crippen LogP contribution in [-0.2, 0) is 9.84 Å². The van der Waals surface area contributed by atoms with Crippen molar-refractivity contribution < 1.29 is 17.5 Å². The summed E-state index contributed by atoms with van der Waals surface area (Å²) in [5.41, 5.74) is 0.128. The third kappa shape index (κ3) is 4.67. The molecule has 1 saturated heterocycles. The van der Waals surface area contributed by atoms with Crippen LogP contribution in [0.2, 0.25) is 0 Å². The highest BCUT2D eigenvalue weighted by Gasteiger charge is 2.16. The van der Waals surface area contributed by atoms with Crippen molar-refractivity contribution in [3.8, 4) is 5.88 Å². The first kappa shape index (κ1) is 18.5. The van der Waals surface area contributed by atoms with E-state index in [-0.39, 0.29) is 16.7 Å². The lowest BCUT2D eigenvalue weighted by Gasteiger charge is -2.23. The number of halogens is 1. The minimum atomic E-state index is -3.46. The van der Waals surface area contributed by atoms with Crippen molar-refractivity contribution in [2.24, 2.45) is 0 Å². The van der Waals surface area contributed by atoms with Gasteiger partial charge in [0.25, 0.3) is 0 Å². The first-order chi connectivity index (χ1) is 12.3. The molecule has 0 spiro atoms. The van der Waals surface area contributed by atoms with Gasteiger partial charge in [0.2, 0.25) is 5.88 Å². The molecule has 26 heavy (non-hydrogen) atoms. The van der Waals surface area contributed by atoms with Crippen LogP contribution in [0.25, 0.3) is 0 Å². The Hall–Kier alpha value is -2.26. The predicted octanol–water partition coefficient (Wildman–Crippen LogP) is 2.20. The number of piperidine rings is 1. The first-order valence-electron chi connectivity index (χ1n) is 8.31. The van der Waals surface area contributed by atoms with Crippen LogP contribution in [0, 0.1) is 12.7 Å². The van der Waals surface area contributed by atoms with Crippen molar-refractivity contribution in [2.45, 2.75) is 30.8 Å². The molecule has 9 heteroatoms. The van der Waals surface area contributed by atoms with Crippen molar-refractivity contribution in [3.63, 3.8) is 0 Å². The Kier molecular flexibility index (Phi) is 5.38. The van der Waals surface area contributed by atoms with Gasteiger partial charge in [-0.25, -0.2) is 17.8 Å². The van der Waals surface area contributed by atoms with E-state index in [9.17, 15) is 12.8 Å². The van der Waals surface area contributed by atoms with Gasteiger partial charge in [-0.1, -0.05) is 0 Å². The summed E-state index contributed by atoms with van der Waals surface area (Å²) < 4.78 is 43.1. The van der Waals surface area contributed by atoms with Gasteiger partial charge in [0.15, 0.2) is 9.84 Å². The molecule has 0 bridgehead atoms. The number of rotatable bonds is 5. The fraction of sp³-hybridized carbons (Fsp3) is 0.412. The van der Waals surface area contributed by atoms with Gasteiger partial charge in [-0.2, -0.15) is 4.98 Å². The average Bonchev–Trinajstić information content (AvgIpc) is 2.56. The Bertz CT molecular complexity index is 899. The number of sulfone groups is 1. The van der Waals surface area contributed by atoms with E-state index in [4.69, 9.17) is 4.74 Å². The highest BCUT2D eigenvalue weighted by atomic mass is 32.2. The van der Waals surface area contributed by atoms with Crippen LogP contribution in [0.3, 0.4) is 0 Å². The molecular formula is C17H21FN4O3S. The fourth-order valence-electron chi connectivity index (χ4n) is 2.71. The lowest BCUT2D eigenvalue weighted by Crippen LogP contribution is -2.34. The number of aromatic nitrogens is 2. The molecule has 1 fully saturated rings. The summed E-state index contributed by atoms with van der Waals surface area (Å²) in [5.74, 6) is 0.629. The molecule has 2 heterocycles. The minimum absolute atomic E-state index is 0.0747. The second-order valence-corrected chi connectivity index (χ2v) is 8.26. The number of nitrogens with zero attached hydrogens (tertiary/aromatic N) is 2. The molecule has 0 aliphatic carbocycles. The predicted molar refractivity (Wildman–Crippen MR) is 96.1 cm³/mol. The fourth-order valence-corrected chi connectivity index (χ4v) is 3.35. The van der Waals surface area contributed by atoms with Gasteiger partial charge < -0.3 is 15.4 Å². The zero-order chi connectivity index (χ0) is 18.7. The monoisotopic (exact) mass is 380 g/mol. The lowest BCUT2D eigenvalue weighted by atomic mass is 10.1. The van der Waals surface area contributed by atoms with Crippen molar-refractivity contribution in [3.05, 3.63) is 35.9 Å². The molecule has 2 N–H and O–H groups in total. The molecule has 3 rings (SSSR count). The van der Waals surface area contributed by atoms with E-state index in [0.29, 0.717) is 17.5 Å². The molecule has 1 aliphatic rings. The smallest absolute Gasteiger partial charge is 0.219 e. The second-order valence-electron chi connectivity index (χ2n) is 6.24. The number of nitrogens with one attached hydrogen (secondary N) is 2. The minimum Gasteiger partial charge on any atom is -0.474 e. The molecule has 0 amide bonds. The van der Waals surface area contributed by atoms with E-state index in [1.54, 1.807) is 13.0 Å². The van der Waals surface area contributed by atoms with Crippen LogP contribution < -0.4 is 15.4 Å². The maximum atomic E-state index is 14.2. The SMILES string of the molecule is Cc1nc(Nc2ccc(S(C)(=O)=O)cc2F)cc(OC2CCNCC2)n1. The lowest BCUT2D eigenvalue weighted by molar-refractivity contribution is 0.155. The van der Waals surface area contributed by atoms with Crippen LogP contribution in [0.4, 0.5) is 15.9 Å². The molecule has 1 aliphatic heterocycles. The molecule has 7 nitrogen and oxygen atoms in total. The van der Waals surface area contributed by atoms with Gasteiger partial charge in [-0.05, 0) is 51.1 Å². The van der Waals surface area contributed by atoms with Crippen LogP contribution in [0.15, 0.2) is 29.2 Å². The number of aryl methyl sites for hydroxylation is 1. The van der Waals surface area contributed by atoms with E-state index in [2.05, 4.69) is 20.6 Å². The second kappa shape index (κ2) is 7.55. The Labute approximate surface area is 151 Å². The van der Waals surface area contributed by atoms with Crippen molar-refractivity contribution in [1.82, 2.24) is 15.3 Å². The third-order valence-electron chi connectivity index (χ3n) is 4.02. The highest BCUT2D eigenvalue weighted by molar-refractivity contribution is 7.90. The Balaban J connectivity index is 1.79. The van der Waals surface area contributed by atoms with Crippen molar-refractivity contribution >= 4 is 21.3 Å². The standard InChI is InChI=1S/C17H21FN4O3S/c1-11-20-16(10-17(21-11)25-12-5-7-19-8-6-12)22-15-4-3-13(9-14(15)18)26(2,23)24/h3-4,9-10,12,19H,5-8H2,1-2H3,(H,20,21,22). The normalized spacial score (nSPS) is 15.7. The zero-order valence-electron chi connectivity index (χ0n) is 14.6. The Morgan fingerprint density at radius 1 is 1.23 bits per heavy atom. The highest BCUT2D eigenvalue weighted by Crippen LogP contribution is 2.24. The summed E-state index contributed by atoms with van der Waals surface area (Å²) in [6.45, 7) is 3.53. The van der Waals surface area contributed by atoms with Gasteiger partial charge in [0.05, 0.1) is 10.6 Å². The van der Waals surface area contributed by atoms with Crippen LogP contribution in [-0.4, -0.2) is 43.8 Å². The number of benzene rings is 1. The maximum absolute atomic E-state index is 14.2. The van der Waals surface area contributed by atoms with Crippen LogP contribution >= 0.6 is 0 Å². The van der Waals surface area contributed by atoms with Gasteiger partial charge in [0.1, 0.15) is 23.6 Å². The number of anilines is 2. The van der Waals surface area contributed by atoms with Crippen molar-refractivity contribution in [1.29, 1.82) is 0 Å². The molecule has 0 radical (unpaired) electrons. The molecular weight excluding hydrogens is 359 g/mol. The van der Waals surface area contributed by atoms with E-state index in [1.165, 1.54) is 12.1 Å². The molecule has 1 aromatic carbocycles. The molecule has 0 atom stereocenters. The van der Waals surface area contributed by atoms with E-state index in [0.717, 1.165) is 38.3 Å². The van der Waals surface area contributed by atoms with Gasteiger partial charge in [-0.3, -0.25) is 0 Å². The van der Waals surface area contributed by atoms with E-state index >= 15 is 0 Å².